The molecule has 3 rings (SSSR count). The Hall–Kier alpha value is -3.03. The second-order valence-corrected chi connectivity index (χ2v) is 7.22. The highest BCUT2D eigenvalue weighted by atomic mass is 15.2. The van der Waals surface area contributed by atoms with E-state index in [9.17, 15) is 5.26 Å². The predicted molar refractivity (Wildman–Crippen MR) is 112 cm³/mol. The SMILES string of the molecule is CC(C)CNCC1=CN(c2ccccc2N)C(c2ccccc2)C(C#N)=C1. The number of nitrogens with two attached hydrogens (primary N) is 1. The van der Waals surface area contributed by atoms with Crippen LogP contribution in [0.3, 0.4) is 0 Å². The topological polar surface area (TPSA) is 65.1 Å². The molecule has 0 amide bonds. The molecule has 2 aromatic rings. The zero-order chi connectivity index (χ0) is 19.2. The van der Waals surface area contributed by atoms with E-state index in [1.165, 1.54) is 0 Å². The normalized spacial score (nSPS) is 16.7. The highest BCUT2D eigenvalue weighted by Crippen LogP contribution is 2.39. The Bertz CT molecular complexity index is 875. The number of nitrogens with one attached hydrogen (secondary N) is 1. The Morgan fingerprint density at radius 2 is 1.81 bits per heavy atom. The summed E-state index contributed by atoms with van der Waals surface area (Å²) in [4.78, 5) is 2.12. The van der Waals surface area contributed by atoms with Gasteiger partial charge in [-0.15, -0.1) is 0 Å². The van der Waals surface area contributed by atoms with Crippen LogP contribution in [0.25, 0.3) is 0 Å². The van der Waals surface area contributed by atoms with Gasteiger partial charge in [0.05, 0.1) is 29.1 Å². The van der Waals surface area contributed by atoms with E-state index >= 15 is 0 Å². The molecule has 1 heterocycles. The molecule has 0 fully saturated rings. The second-order valence-electron chi connectivity index (χ2n) is 7.22. The quantitative estimate of drug-likeness (QED) is 0.751. The number of rotatable bonds is 6. The van der Waals surface area contributed by atoms with Crippen LogP contribution in [0.4, 0.5) is 11.4 Å². The van der Waals surface area contributed by atoms with Crippen molar-refractivity contribution in [1.82, 2.24) is 5.32 Å². The van der Waals surface area contributed by atoms with Gasteiger partial charge in [0.2, 0.25) is 0 Å². The molecule has 0 spiro atoms. The van der Waals surface area contributed by atoms with E-state index in [1.807, 2.05) is 48.5 Å². The Morgan fingerprint density at radius 1 is 1.11 bits per heavy atom. The Balaban J connectivity index is 2.02. The van der Waals surface area contributed by atoms with Crippen LogP contribution < -0.4 is 16.0 Å². The molecule has 4 nitrogen and oxygen atoms in total. The summed E-state index contributed by atoms with van der Waals surface area (Å²) < 4.78 is 0. The van der Waals surface area contributed by atoms with Crippen molar-refractivity contribution >= 4 is 11.4 Å². The van der Waals surface area contributed by atoms with Gasteiger partial charge in [0.15, 0.2) is 0 Å². The fourth-order valence-electron chi connectivity index (χ4n) is 3.32. The molecule has 0 aromatic heterocycles. The van der Waals surface area contributed by atoms with Gasteiger partial charge in [0, 0.05) is 12.7 Å². The summed E-state index contributed by atoms with van der Waals surface area (Å²) in [6.45, 7) is 6.01. The number of nitrogens with zero attached hydrogens (tertiary/aromatic N) is 2. The van der Waals surface area contributed by atoms with Crippen molar-refractivity contribution in [3.8, 4) is 6.07 Å². The summed E-state index contributed by atoms with van der Waals surface area (Å²) in [5.74, 6) is 0.576. The van der Waals surface area contributed by atoms with Gasteiger partial charge >= 0.3 is 0 Å². The van der Waals surface area contributed by atoms with Gasteiger partial charge in [-0.05, 0) is 41.8 Å². The second kappa shape index (κ2) is 8.57. The molecular formula is C23H26N4. The Labute approximate surface area is 161 Å². The molecule has 1 atom stereocenters. The van der Waals surface area contributed by atoms with Gasteiger partial charge in [-0.2, -0.15) is 5.26 Å². The maximum absolute atomic E-state index is 9.86. The number of hydrogen-bond donors (Lipinski definition) is 2. The van der Waals surface area contributed by atoms with Crippen LogP contribution in [0.2, 0.25) is 0 Å². The van der Waals surface area contributed by atoms with Crippen molar-refractivity contribution in [2.24, 2.45) is 5.92 Å². The van der Waals surface area contributed by atoms with Crippen molar-refractivity contribution in [3.63, 3.8) is 0 Å². The third-order valence-corrected chi connectivity index (χ3v) is 4.56. The molecule has 27 heavy (non-hydrogen) atoms. The minimum atomic E-state index is -0.185. The molecule has 1 unspecified atom stereocenters. The number of anilines is 2. The van der Waals surface area contributed by atoms with Crippen LogP contribution in [0.5, 0.6) is 0 Å². The molecular weight excluding hydrogens is 332 g/mol. The van der Waals surface area contributed by atoms with E-state index in [-0.39, 0.29) is 6.04 Å². The van der Waals surface area contributed by atoms with Crippen LogP contribution in [0, 0.1) is 17.2 Å². The number of benzene rings is 2. The van der Waals surface area contributed by atoms with Gasteiger partial charge < -0.3 is 16.0 Å². The molecule has 4 heteroatoms. The first-order valence-corrected chi connectivity index (χ1v) is 9.31. The average molecular weight is 358 g/mol. The lowest BCUT2D eigenvalue weighted by molar-refractivity contribution is 0.572. The first-order valence-electron chi connectivity index (χ1n) is 9.31. The fourth-order valence-corrected chi connectivity index (χ4v) is 3.32. The summed E-state index contributed by atoms with van der Waals surface area (Å²) in [5, 5.41) is 13.3. The number of hydrogen-bond acceptors (Lipinski definition) is 4. The zero-order valence-electron chi connectivity index (χ0n) is 15.9. The Kier molecular flexibility index (Phi) is 5.95. The molecule has 0 radical (unpaired) electrons. The largest absolute Gasteiger partial charge is 0.397 e. The number of nitrogen functional groups attached to an aromatic ring is 1. The minimum absolute atomic E-state index is 0.185. The molecule has 1 aliphatic heterocycles. The molecule has 0 bridgehead atoms. The summed E-state index contributed by atoms with van der Waals surface area (Å²) in [5.41, 5.74) is 10.7. The lowest BCUT2D eigenvalue weighted by atomic mass is 9.92. The fraction of sp³-hybridized carbons (Fsp3) is 0.261. The lowest BCUT2D eigenvalue weighted by Gasteiger charge is -2.35. The maximum atomic E-state index is 9.86. The third-order valence-electron chi connectivity index (χ3n) is 4.56. The van der Waals surface area contributed by atoms with Gasteiger partial charge in [0.25, 0.3) is 0 Å². The van der Waals surface area contributed by atoms with E-state index in [0.29, 0.717) is 23.7 Å². The minimum Gasteiger partial charge on any atom is -0.397 e. The van der Waals surface area contributed by atoms with Crippen LogP contribution in [0.1, 0.15) is 25.5 Å². The van der Waals surface area contributed by atoms with E-state index in [0.717, 1.165) is 23.4 Å². The first kappa shape index (κ1) is 18.8. The molecule has 2 aromatic carbocycles. The standard InChI is InChI=1S/C23H26N4/c1-17(2)14-26-15-18-12-20(13-24)23(19-8-4-3-5-9-19)27(16-18)22-11-7-6-10-21(22)25/h3-12,16-17,23,26H,14-15,25H2,1-2H3. The van der Waals surface area contributed by atoms with E-state index in [4.69, 9.17) is 5.73 Å². The van der Waals surface area contributed by atoms with Gasteiger partial charge in [-0.3, -0.25) is 0 Å². The van der Waals surface area contributed by atoms with Crippen LogP contribution in [-0.4, -0.2) is 13.1 Å². The Morgan fingerprint density at radius 3 is 2.48 bits per heavy atom. The molecule has 0 aliphatic carbocycles. The van der Waals surface area contributed by atoms with Crippen LogP contribution in [0.15, 0.2) is 78.0 Å². The van der Waals surface area contributed by atoms with Gasteiger partial charge in [-0.1, -0.05) is 56.3 Å². The van der Waals surface area contributed by atoms with Crippen molar-refractivity contribution in [3.05, 3.63) is 83.6 Å². The highest BCUT2D eigenvalue weighted by molar-refractivity contribution is 5.72. The van der Waals surface area contributed by atoms with Gasteiger partial charge in [-0.25, -0.2) is 0 Å². The van der Waals surface area contributed by atoms with Gasteiger partial charge in [0.1, 0.15) is 0 Å². The number of nitriles is 1. The molecule has 3 N–H and O–H groups in total. The lowest BCUT2D eigenvalue weighted by Crippen LogP contribution is -2.31. The maximum Gasteiger partial charge on any atom is 0.0973 e. The molecule has 1 aliphatic rings. The summed E-state index contributed by atoms with van der Waals surface area (Å²) in [6, 6.07) is 20.1. The molecule has 138 valence electrons. The van der Waals surface area contributed by atoms with E-state index in [2.05, 4.69) is 48.5 Å². The zero-order valence-corrected chi connectivity index (χ0v) is 15.9. The first-order chi connectivity index (χ1) is 13.1. The highest BCUT2D eigenvalue weighted by Gasteiger charge is 2.28. The summed E-state index contributed by atoms with van der Waals surface area (Å²) >= 11 is 0. The average Bonchev–Trinajstić information content (AvgIpc) is 2.68. The van der Waals surface area contributed by atoms with Crippen molar-refractivity contribution < 1.29 is 0 Å². The molecule has 0 saturated carbocycles. The van der Waals surface area contributed by atoms with E-state index < -0.39 is 0 Å². The van der Waals surface area contributed by atoms with Crippen LogP contribution in [-0.2, 0) is 0 Å². The summed E-state index contributed by atoms with van der Waals surface area (Å²) in [7, 11) is 0. The van der Waals surface area contributed by atoms with E-state index in [1.54, 1.807) is 0 Å². The third kappa shape index (κ3) is 4.39. The van der Waals surface area contributed by atoms with Crippen molar-refractivity contribution in [1.29, 1.82) is 5.26 Å². The predicted octanol–water partition coefficient (Wildman–Crippen LogP) is 4.41. The van der Waals surface area contributed by atoms with Crippen LogP contribution >= 0.6 is 0 Å². The van der Waals surface area contributed by atoms with Crippen molar-refractivity contribution in [2.75, 3.05) is 23.7 Å². The molecule has 0 saturated heterocycles. The van der Waals surface area contributed by atoms with Crippen molar-refractivity contribution in [2.45, 2.75) is 19.9 Å². The summed E-state index contributed by atoms with van der Waals surface area (Å²) in [6.07, 6.45) is 4.11. The number of para-hydroxylation sites is 2. The smallest absolute Gasteiger partial charge is 0.0973 e. The monoisotopic (exact) mass is 358 g/mol.